The highest BCUT2D eigenvalue weighted by Crippen LogP contribution is 2.27. The topological polar surface area (TPSA) is 47.3 Å². The predicted octanol–water partition coefficient (Wildman–Crippen LogP) is 5.74. The normalized spacial score (nSPS) is 12.3. The summed E-state index contributed by atoms with van der Waals surface area (Å²) in [7, 11) is 0. The van der Waals surface area contributed by atoms with E-state index < -0.39 is 6.10 Å². The van der Waals surface area contributed by atoms with E-state index in [9.17, 15) is 5.11 Å². The molecule has 0 saturated carbocycles. The molecule has 31 heavy (non-hydrogen) atoms. The largest absolute Gasteiger partial charge is 0.493 e. The highest BCUT2D eigenvalue weighted by atomic mass is 16.5. The van der Waals surface area contributed by atoms with E-state index in [4.69, 9.17) is 9.72 Å². The summed E-state index contributed by atoms with van der Waals surface area (Å²) < 4.78 is 8.23. The van der Waals surface area contributed by atoms with Gasteiger partial charge in [-0.3, -0.25) is 0 Å². The van der Waals surface area contributed by atoms with Gasteiger partial charge in [0.2, 0.25) is 0 Å². The van der Waals surface area contributed by atoms with Crippen LogP contribution >= 0.6 is 0 Å². The van der Waals surface area contributed by atoms with E-state index >= 15 is 0 Å². The molecule has 0 spiro atoms. The summed E-state index contributed by atoms with van der Waals surface area (Å²) in [5, 5.41) is 13.3. The molecular weight excluding hydrogens is 384 g/mol. The van der Waals surface area contributed by atoms with E-state index in [1.165, 1.54) is 5.39 Å². The maximum Gasteiger partial charge on any atom is 0.143 e. The number of ether oxygens (including phenoxy) is 1. The molecule has 0 bridgehead atoms. The van der Waals surface area contributed by atoms with Crippen LogP contribution in [0.5, 0.6) is 5.75 Å². The fourth-order valence-corrected chi connectivity index (χ4v) is 4.05. The molecule has 0 aliphatic heterocycles. The van der Waals surface area contributed by atoms with Gasteiger partial charge in [-0.15, -0.1) is 0 Å². The Morgan fingerprint density at radius 1 is 0.806 bits per heavy atom. The summed E-state index contributed by atoms with van der Waals surface area (Å²) in [4.78, 5) is 4.74. The van der Waals surface area contributed by atoms with Gasteiger partial charge < -0.3 is 14.4 Å². The number of aliphatic hydroxyl groups excluding tert-OH is 1. The molecule has 0 saturated heterocycles. The Morgan fingerprint density at radius 2 is 1.55 bits per heavy atom. The summed E-state index contributed by atoms with van der Waals surface area (Å²) in [6, 6.07) is 32.1. The van der Waals surface area contributed by atoms with E-state index in [0.29, 0.717) is 19.0 Å². The molecule has 0 aliphatic rings. The van der Waals surface area contributed by atoms with Crippen LogP contribution < -0.4 is 4.74 Å². The number of imidazole rings is 1. The highest BCUT2D eigenvalue weighted by molar-refractivity contribution is 5.88. The number of aliphatic hydroxyl groups is 1. The Bertz CT molecular complexity index is 1310. The lowest BCUT2D eigenvalue weighted by Gasteiger charge is -2.15. The Hall–Kier alpha value is -3.63. The molecule has 1 aromatic heterocycles. The third kappa shape index (κ3) is 3.90. The van der Waals surface area contributed by atoms with E-state index in [2.05, 4.69) is 28.8 Å². The molecule has 1 unspecified atom stereocenters. The maximum atomic E-state index is 11.0. The van der Waals surface area contributed by atoms with Crippen molar-refractivity contribution in [2.45, 2.75) is 19.1 Å². The van der Waals surface area contributed by atoms with Crippen molar-refractivity contribution in [3.8, 4) is 5.75 Å². The van der Waals surface area contributed by atoms with Gasteiger partial charge in [0, 0.05) is 11.9 Å². The summed E-state index contributed by atoms with van der Waals surface area (Å²) in [6.07, 6.45) is 0.0329. The lowest BCUT2D eigenvalue weighted by molar-refractivity contribution is 0.203. The van der Waals surface area contributed by atoms with Crippen LogP contribution in [0.25, 0.3) is 21.8 Å². The number of fused-ring (bicyclic) bond motifs is 2. The second-order valence-corrected chi connectivity index (χ2v) is 7.60. The Balaban J connectivity index is 1.36. The van der Waals surface area contributed by atoms with Gasteiger partial charge in [0.05, 0.1) is 17.6 Å². The van der Waals surface area contributed by atoms with Gasteiger partial charge in [0.25, 0.3) is 0 Å². The molecule has 1 N–H and O–H groups in total. The van der Waals surface area contributed by atoms with Gasteiger partial charge in [-0.25, -0.2) is 4.98 Å². The number of hydrogen-bond acceptors (Lipinski definition) is 3. The zero-order chi connectivity index (χ0) is 21.0. The van der Waals surface area contributed by atoms with Crippen molar-refractivity contribution in [1.29, 1.82) is 0 Å². The van der Waals surface area contributed by atoms with Crippen molar-refractivity contribution in [2.24, 2.45) is 0 Å². The van der Waals surface area contributed by atoms with Crippen molar-refractivity contribution in [2.75, 3.05) is 6.61 Å². The summed E-state index contributed by atoms with van der Waals surface area (Å²) in [5.74, 6) is 1.57. The quantitative estimate of drug-likeness (QED) is 0.349. The van der Waals surface area contributed by atoms with Crippen LogP contribution in [0.1, 0.15) is 23.9 Å². The van der Waals surface area contributed by atoms with Crippen LogP contribution in [0.4, 0.5) is 0 Å². The lowest BCUT2D eigenvalue weighted by atomic mass is 10.1. The minimum absolute atomic E-state index is 0.585. The smallest absolute Gasteiger partial charge is 0.143 e. The number of rotatable bonds is 7. The summed E-state index contributed by atoms with van der Waals surface area (Å²) >= 11 is 0. The molecule has 1 atom stereocenters. The van der Waals surface area contributed by atoms with Crippen LogP contribution in [0, 0.1) is 0 Å². The van der Waals surface area contributed by atoms with Gasteiger partial charge in [0.15, 0.2) is 0 Å². The second kappa shape index (κ2) is 8.62. The zero-order valence-corrected chi connectivity index (χ0v) is 17.2. The van der Waals surface area contributed by atoms with Crippen molar-refractivity contribution < 1.29 is 9.84 Å². The Kier molecular flexibility index (Phi) is 5.38. The average Bonchev–Trinajstić information content (AvgIpc) is 3.20. The van der Waals surface area contributed by atoms with Crippen LogP contribution in [0.3, 0.4) is 0 Å². The Labute approximate surface area is 181 Å². The number of benzene rings is 4. The first kappa shape index (κ1) is 19.3. The van der Waals surface area contributed by atoms with Crippen molar-refractivity contribution in [1.82, 2.24) is 9.55 Å². The van der Waals surface area contributed by atoms with Gasteiger partial charge >= 0.3 is 0 Å². The number of para-hydroxylation sites is 2. The van der Waals surface area contributed by atoms with Crippen molar-refractivity contribution >= 4 is 21.8 Å². The third-order valence-corrected chi connectivity index (χ3v) is 5.58. The van der Waals surface area contributed by atoms with E-state index in [0.717, 1.165) is 34.2 Å². The molecule has 4 aromatic carbocycles. The van der Waals surface area contributed by atoms with Crippen LogP contribution in [-0.4, -0.2) is 21.3 Å². The van der Waals surface area contributed by atoms with E-state index in [-0.39, 0.29) is 0 Å². The zero-order valence-electron chi connectivity index (χ0n) is 17.2. The molecule has 0 radical (unpaired) electrons. The maximum absolute atomic E-state index is 11.0. The van der Waals surface area contributed by atoms with Crippen LogP contribution in [0.15, 0.2) is 97.1 Å². The summed E-state index contributed by atoms with van der Waals surface area (Å²) in [6.45, 7) is 1.30. The standard InChI is InChI=1S/C27H24N2O2/c30-26(21-11-2-1-3-12-21)27-28-23-15-6-7-16-24(23)29(27)18-9-19-31-25-17-8-13-20-10-4-5-14-22(20)25/h1-8,10-17,26,30H,9,18-19H2. The molecule has 0 amide bonds. The monoisotopic (exact) mass is 408 g/mol. The summed E-state index contributed by atoms with van der Waals surface area (Å²) in [5.41, 5.74) is 2.76. The van der Waals surface area contributed by atoms with Crippen LogP contribution in [-0.2, 0) is 6.54 Å². The molecule has 1 heterocycles. The van der Waals surface area contributed by atoms with Gasteiger partial charge in [-0.1, -0.05) is 78.9 Å². The number of nitrogens with zero attached hydrogens (tertiary/aromatic N) is 2. The van der Waals surface area contributed by atoms with Crippen molar-refractivity contribution in [3.63, 3.8) is 0 Å². The highest BCUT2D eigenvalue weighted by Gasteiger charge is 2.19. The molecule has 5 rings (SSSR count). The van der Waals surface area contributed by atoms with Gasteiger partial charge in [-0.05, 0) is 35.6 Å². The third-order valence-electron chi connectivity index (χ3n) is 5.58. The lowest BCUT2D eigenvalue weighted by Crippen LogP contribution is -2.12. The predicted molar refractivity (Wildman–Crippen MR) is 124 cm³/mol. The molecule has 0 fully saturated rings. The fraction of sp³-hybridized carbons (Fsp3) is 0.148. The molecule has 0 aliphatic carbocycles. The van der Waals surface area contributed by atoms with E-state index in [1.54, 1.807) is 0 Å². The molecule has 4 nitrogen and oxygen atoms in total. The number of aryl methyl sites for hydroxylation is 1. The van der Waals surface area contributed by atoms with Gasteiger partial charge in [-0.2, -0.15) is 0 Å². The number of aromatic nitrogens is 2. The first-order valence-corrected chi connectivity index (χ1v) is 10.6. The SMILES string of the molecule is OC(c1ccccc1)c1nc2ccccc2n1CCCOc1cccc2ccccc12. The minimum Gasteiger partial charge on any atom is -0.493 e. The average molecular weight is 409 g/mol. The van der Waals surface area contributed by atoms with Crippen LogP contribution in [0.2, 0.25) is 0 Å². The van der Waals surface area contributed by atoms with Gasteiger partial charge in [0.1, 0.15) is 17.7 Å². The minimum atomic E-state index is -0.771. The van der Waals surface area contributed by atoms with Crippen molar-refractivity contribution in [3.05, 3.63) is 108 Å². The molecular formula is C27H24N2O2. The Morgan fingerprint density at radius 3 is 2.45 bits per heavy atom. The first-order chi connectivity index (χ1) is 15.3. The second-order valence-electron chi connectivity index (χ2n) is 7.60. The number of hydrogen-bond donors (Lipinski definition) is 1. The molecule has 4 heteroatoms. The first-order valence-electron chi connectivity index (χ1n) is 10.6. The van der Waals surface area contributed by atoms with E-state index in [1.807, 2.05) is 72.8 Å². The fourth-order valence-electron chi connectivity index (χ4n) is 4.05. The molecule has 5 aromatic rings. The molecule has 154 valence electrons.